The highest BCUT2D eigenvalue weighted by Crippen LogP contribution is 2.55. The lowest BCUT2D eigenvalue weighted by Crippen LogP contribution is -2.53. The Morgan fingerprint density at radius 2 is 1.82 bits per heavy atom. The van der Waals surface area contributed by atoms with Gasteiger partial charge in [0.25, 0.3) is 0 Å². The van der Waals surface area contributed by atoms with Crippen molar-refractivity contribution >= 4 is 6.03 Å². The fourth-order valence-electron chi connectivity index (χ4n) is 2.28. The minimum atomic E-state index is -5.46. The zero-order valence-corrected chi connectivity index (χ0v) is 12.1. The maximum atomic E-state index is 12.9. The summed E-state index contributed by atoms with van der Waals surface area (Å²) in [6, 6.07) is -1.35. The van der Waals surface area contributed by atoms with Crippen molar-refractivity contribution in [1.29, 1.82) is 0 Å². The van der Waals surface area contributed by atoms with E-state index in [0.29, 0.717) is 17.9 Å². The van der Waals surface area contributed by atoms with Crippen molar-refractivity contribution in [2.45, 2.75) is 38.2 Å². The smallest absolute Gasteiger partial charge is 0.385 e. The number of alkyl halides is 6. The molecule has 0 radical (unpaired) electrons. The van der Waals surface area contributed by atoms with E-state index in [4.69, 9.17) is 4.74 Å². The molecule has 0 bridgehead atoms. The van der Waals surface area contributed by atoms with Crippen molar-refractivity contribution in [1.82, 2.24) is 10.2 Å². The number of nitrogens with zero attached hydrogens (tertiary/aromatic N) is 1. The zero-order valence-electron chi connectivity index (χ0n) is 12.1. The van der Waals surface area contributed by atoms with Gasteiger partial charge in [0.1, 0.15) is 0 Å². The highest BCUT2D eigenvalue weighted by atomic mass is 19.4. The third-order valence-electron chi connectivity index (χ3n) is 3.77. The molecule has 1 unspecified atom stereocenters. The number of carbonyl (C=O) groups is 1. The predicted molar refractivity (Wildman–Crippen MR) is 65.2 cm³/mol. The van der Waals surface area contributed by atoms with Gasteiger partial charge in [-0.15, -0.1) is 0 Å². The van der Waals surface area contributed by atoms with E-state index in [0.717, 1.165) is 0 Å². The molecule has 130 valence electrons. The Morgan fingerprint density at radius 3 is 2.23 bits per heavy atom. The Kier molecular flexibility index (Phi) is 5.58. The van der Waals surface area contributed by atoms with E-state index in [-0.39, 0.29) is 0 Å². The molecule has 1 aliphatic heterocycles. The van der Waals surface area contributed by atoms with Gasteiger partial charge in [-0.3, -0.25) is 0 Å². The number of halogens is 6. The third kappa shape index (κ3) is 3.76. The lowest BCUT2D eigenvalue weighted by Gasteiger charge is -2.33. The minimum Gasteiger partial charge on any atom is -0.385 e. The highest BCUT2D eigenvalue weighted by molar-refractivity contribution is 5.75. The number of amides is 2. The van der Waals surface area contributed by atoms with Gasteiger partial charge >= 0.3 is 18.4 Å². The number of carbonyl (C=O) groups excluding carboxylic acids is 1. The van der Waals surface area contributed by atoms with Crippen LogP contribution < -0.4 is 5.32 Å². The molecular weight excluding hydrogens is 318 g/mol. The summed E-state index contributed by atoms with van der Waals surface area (Å²) in [5.41, 5.74) is -3.85. The first-order valence-corrected chi connectivity index (χ1v) is 6.62. The minimum absolute atomic E-state index is 0.316. The molecule has 1 rings (SSSR count). The van der Waals surface area contributed by atoms with E-state index >= 15 is 0 Å². The first kappa shape index (κ1) is 18.9. The third-order valence-corrected chi connectivity index (χ3v) is 3.77. The van der Waals surface area contributed by atoms with Gasteiger partial charge in [0.15, 0.2) is 5.41 Å². The van der Waals surface area contributed by atoms with Crippen molar-refractivity contribution in [2.24, 2.45) is 5.41 Å². The predicted octanol–water partition coefficient (Wildman–Crippen LogP) is 2.94. The van der Waals surface area contributed by atoms with E-state index in [9.17, 15) is 31.1 Å². The molecule has 1 atom stereocenters. The molecule has 1 aliphatic rings. The van der Waals surface area contributed by atoms with E-state index in [1.807, 2.05) is 0 Å². The number of rotatable bonds is 4. The SMILES string of the molecule is COCCC(C)NC(=O)N1CCC(C(F)(F)F)(C(F)(F)F)C1. The number of nitrogens with one attached hydrogen (secondary N) is 1. The van der Waals surface area contributed by atoms with Crippen LogP contribution in [0.15, 0.2) is 0 Å². The van der Waals surface area contributed by atoms with Gasteiger partial charge in [-0.1, -0.05) is 0 Å². The molecule has 10 heteroatoms. The summed E-state index contributed by atoms with van der Waals surface area (Å²) < 4.78 is 82.1. The van der Waals surface area contributed by atoms with Crippen LogP contribution in [-0.4, -0.2) is 56.1 Å². The zero-order chi connectivity index (χ0) is 17.2. The van der Waals surface area contributed by atoms with E-state index in [1.54, 1.807) is 6.92 Å². The molecular formula is C12H18F6N2O2. The summed E-state index contributed by atoms with van der Waals surface area (Å²) in [6.07, 6.45) is -11.7. The lowest BCUT2D eigenvalue weighted by atomic mass is 9.85. The topological polar surface area (TPSA) is 41.6 Å². The number of ether oxygens (including phenoxy) is 1. The number of hydrogen-bond acceptors (Lipinski definition) is 2. The first-order valence-electron chi connectivity index (χ1n) is 6.62. The Balaban J connectivity index is 2.76. The maximum Gasteiger partial charge on any atom is 0.404 e. The molecule has 0 saturated carbocycles. The van der Waals surface area contributed by atoms with Crippen LogP contribution in [0.2, 0.25) is 0 Å². The van der Waals surface area contributed by atoms with Gasteiger partial charge in [-0.2, -0.15) is 26.3 Å². The van der Waals surface area contributed by atoms with Crippen molar-refractivity contribution in [3.63, 3.8) is 0 Å². The molecule has 0 aromatic rings. The Bertz CT molecular complexity index is 382. The van der Waals surface area contributed by atoms with Gasteiger partial charge in [0, 0.05) is 32.8 Å². The maximum absolute atomic E-state index is 12.9. The summed E-state index contributed by atoms with van der Waals surface area (Å²) in [5.74, 6) is 0. The lowest BCUT2D eigenvalue weighted by molar-refractivity contribution is -0.334. The number of urea groups is 1. The van der Waals surface area contributed by atoms with Crippen LogP contribution in [0.4, 0.5) is 31.1 Å². The van der Waals surface area contributed by atoms with Crippen LogP contribution in [0.5, 0.6) is 0 Å². The Labute approximate surface area is 123 Å². The number of likely N-dealkylation sites (tertiary alicyclic amines) is 1. The van der Waals surface area contributed by atoms with E-state index in [2.05, 4.69) is 5.32 Å². The summed E-state index contributed by atoms with van der Waals surface area (Å²) in [5, 5.41) is 2.37. The van der Waals surface area contributed by atoms with Gasteiger partial charge in [0.05, 0.1) is 0 Å². The van der Waals surface area contributed by atoms with Gasteiger partial charge < -0.3 is 15.0 Å². The second-order valence-electron chi connectivity index (χ2n) is 5.38. The molecule has 0 aliphatic carbocycles. The highest BCUT2D eigenvalue weighted by Gasteiger charge is 2.72. The molecule has 22 heavy (non-hydrogen) atoms. The second kappa shape index (κ2) is 6.51. The standard InChI is InChI=1S/C12H18F6N2O2/c1-8(3-6-22-2)19-9(21)20-5-4-10(7-20,11(13,14)15)12(16,17)18/h8H,3-7H2,1-2H3,(H,19,21). The van der Waals surface area contributed by atoms with Crippen LogP contribution in [-0.2, 0) is 4.74 Å². The molecule has 1 heterocycles. The van der Waals surface area contributed by atoms with Gasteiger partial charge in [-0.05, 0) is 19.8 Å². The van der Waals surface area contributed by atoms with Gasteiger partial charge in [0.2, 0.25) is 0 Å². The fraction of sp³-hybridized carbons (Fsp3) is 0.917. The summed E-state index contributed by atoms with van der Waals surface area (Å²) in [4.78, 5) is 12.4. The average molecular weight is 336 g/mol. The molecule has 1 saturated heterocycles. The van der Waals surface area contributed by atoms with Gasteiger partial charge in [-0.25, -0.2) is 4.79 Å². The average Bonchev–Trinajstić information content (AvgIpc) is 2.81. The Hall–Kier alpha value is -1.19. The molecule has 4 nitrogen and oxygen atoms in total. The van der Waals surface area contributed by atoms with Crippen molar-refractivity contribution in [2.75, 3.05) is 26.8 Å². The molecule has 0 aromatic carbocycles. The van der Waals surface area contributed by atoms with Crippen LogP contribution >= 0.6 is 0 Å². The number of hydrogen-bond donors (Lipinski definition) is 1. The van der Waals surface area contributed by atoms with Crippen LogP contribution in [0.3, 0.4) is 0 Å². The van der Waals surface area contributed by atoms with Crippen molar-refractivity contribution in [3.05, 3.63) is 0 Å². The quantitative estimate of drug-likeness (QED) is 0.802. The summed E-state index contributed by atoms with van der Waals surface area (Å²) in [6.45, 7) is -0.102. The van der Waals surface area contributed by atoms with Crippen LogP contribution in [0, 0.1) is 5.41 Å². The summed E-state index contributed by atoms with van der Waals surface area (Å²) >= 11 is 0. The summed E-state index contributed by atoms with van der Waals surface area (Å²) in [7, 11) is 1.44. The Morgan fingerprint density at radius 1 is 1.27 bits per heavy atom. The molecule has 0 spiro atoms. The first-order chi connectivity index (χ1) is 9.94. The van der Waals surface area contributed by atoms with E-state index in [1.165, 1.54) is 7.11 Å². The molecule has 1 N–H and O–H groups in total. The van der Waals surface area contributed by atoms with Crippen molar-refractivity contribution in [3.8, 4) is 0 Å². The molecule has 2 amide bonds. The fourth-order valence-corrected chi connectivity index (χ4v) is 2.28. The molecule has 0 aromatic heterocycles. The van der Waals surface area contributed by atoms with Crippen molar-refractivity contribution < 1.29 is 35.9 Å². The van der Waals surface area contributed by atoms with Crippen LogP contribution in [0.25, 0.3) is 0 Å². The largest absolute Gasteiger partial charge is 0.404 e. The van der Waals surface area contributed by atoms with Crippen LogP contribution in [0.1, 0.15) is 19.8 Å². The van der Waals surface area contributed by atoms with E-state index < -0.39 is 49.4 Å². The number of methoxy groups -OCH3 is 1. The normalized spacial score (nSPS) is 20.1. The second-order valence-corrected chi connectivity index (χ2v) is 5.38. The molecule has 1 fully saturated rings. The monoisotopic (exact) mass is 336 g/mol.